The number of ether oxygens (including phenoxy) is 2. The molecule has 0 saturated carbocycles. The van der Waals surface area contributed by atoms with Crippen LogP contribution in [0.4, 0.5) is 8.78 Å². The van der Waals surface area contributed by atoms with Crippen LogP contribution in [0.1, 0.15) is 11.5 Å². The number of hydrogen-bond acceptors (Lipinski definition) is 4. The minimum atomic E-state index is -1.10. The Labute approximate surface area is 113 Å². The second kappa shape index (κ2) is 5.44. The number of methoxy groups -OCH3 is 2. The van der Waals surface area contributed by atoms with Gasteiger partial charge in [0.2, 0.25) is 5.91 Å². The Hall–Kier alpha value is -2.18. The van der Waals surface area contributed by atoms with Crippen molar-refractivity contribution in [1.82, 2.24) is 5.32 Å². The summed E-state index contributed by atoms with van der Waals surface area (Å²) >= 11 is 0. The molecule has 0 bridgehead atoms. The first-order valence-electron chi connectivity index (χ1n) is 5.88. The van der Waals surface area contributed by atoms with Crippen molar-refractivity contribution in [2.24, 2.45) is 5.92 Å². The molecular weight excluding hydrogens is 272 g/mol. The third-order valence-corrected chi connectivity index (χ3v) is 3.29. The number of carbonyl (C=O) groups is 2. The van der Waals surface area contributed by atoms with E-state index in [2.05, 4.69) is 14.8 Å². The zero-order valence-electron chi connectivity index (χ0n) is 10.9. The Morgan fingerprint density at radius 3 is 2.40 bits per heavy atom. The van der Waals surface area contributed by atoms with Gasteiger partial charge in [-0.15, -0.1) is 0 Å². The molecule has 2 atom stereocenters. The number of nitrogens with one attached hydrogen (secondary N) is 1. The summed E-state index contributed by atoms with van der Waals surface area (Å²) in [6.07, 6.45) is 0. The summed E-state index contributed by atoms with van der Waals surface area (Å²) in [5.74, 6) is -5.30. The standard InChI is InChI=1S/C13H13F2NO4/c1-19-11-8(14)3-6(4-9(11)15)7-5-16-12(17)10(7)13(18)20-2/h3-4,7,10H,5H2,1-2H3,(H,16,17)/t7-,10?/m0/s1. The average molecular weight is 285 g/mol. The van der Waals surface area contributed by atoms with Crippen molar-refractivity contribution in [3.8, 4) is 5.75 Å². The molecule has 0 radical (unpaired) electrons. The van der Waals surface area contributed by atoms with Gasteiger partial charge in [-0.2, -0.15) is 0 Å². The maximum atomic E-state index is 13.7. The molecule has 108 valence electrons. The monoisotopic (exact) mass is 285 g/mol. The Kier molecular flexibility index (Phi) is 3.87. The lowest BCUT2D eigenvalue weighted by molar-refractivity contribution is -0.149. The minimum absolute atomic E-state index is 0.115. The zero-order chi connectivity index (χ0) is 14.9. The van der Waals surface area contributed by atoms with Crippen LogP contribution in [0.15, 0.2) is 12.1 Å². The van der Waals surface area contributed by atoms with Crippen LogP contribution in [-0.4, -0.2) is 32.6 Å². The highest BCUT2D eigenvalue weighted by atomic mass is 19.1. The normalized spacial score (nSPS) is 21.5. The second-order valence-corrected chi connectivity index (χ2v) is 4.37. The number of esters is 1. The molecule has 1 aromatic carbocycles. The summed E-state index contributed by atoms with van der Waals surface area (Å²) in [6.45, 7) is 0.115. The van der Waals surface area contributed by atoms with Gasteiger partial charge in [0, 0.05) is 12.5 Å². The predicted molar refractivity (Wildman–Crippen MR) is 64.2 cm³/mol. The van der Waals surface area contributed by atoms with E-state index in [1.165, 1.54) is 0 Å². The van der Waals surface area contributed by atoms with Gasteiger partial charge in [0.25, 0.3) is 0 Å². The van der Waals surface area contributed by atoms with Crippen LogP contribution in [0.3, 0.4) is 0 Å². The molecule has 1 aromatic rings. The molecule has 1 aliphatic rings. The molecule has 1 heterocycles. The summed E-state index contributed by atoms with van der Waals surface area (Å²) in [5, 5.41) is 2.49. The predicted octanol–water partition coefficient (Wildman–Crippen LogP) is 0.976. The highest BCUT2D eigenvalue weighted by Gasteiger charge is 2.42. The van der Waals surface area contributed by atoms with Gasteiger partial charge in [-0.05, 0) is 17.7 Å². The van der Waals surface area contributed by atoms with Gasteiger partial charge in [-0.25, -0.2) is 8.78 Å². The van der Waals surface area contributed by atoms with Crippen LogP contribution in [0.25, 0.3) is 0 Å². The quantitative estimate of drug-likeness (QED) is 0.664. The number of halogens is 2. The van der Waals surface area contributed by atoms with Gasteiger partial charge in [0.1, 0.15) is 5.92 Å². The van der Waals surface area contributed by atoms with Gasteiger partial charge in [-0.3, -0.25) is 9.59 Å². The van der Waals surface area contributed by atoms with Crippen molar-refractivity contribution in [3.05, 3.63) is 29.3 Å². The van der Waals surface area contributed by atoms with Crippen molar-refractivity contribution in [2.45, 2.75) is 5.92 Å². The molecule has 2 rings (SSSR count). The van der Waals surface area contributed by atoms with E-state index in [9.17, 15) is 18.4 Å². The summed E-state index contributed by atoms with van der Waals surface area (Å²) in [4.78, 5) is 23.2. The van der Waals surface area contributed by atoms with Crippen LogP contribution < -0.4 is 10.1 Å². The molecule has 0 aromatic heterocycles. The van der Waals surface area contributed by atoms with Crippen molar-refractivity contribution < 1.29 is 27.8 Å². The maximum absolute atomic E-state index is 13.7. The molecule has 7 heteroatoms. The van der Waals surface area contributed by atoms with Crippen LogP contribution >= 0.6 is 0 Å². The first kappa shape index (κ1) is 14.2. The average Bonchev–Trinajstić information content (AvgIpc) is 2.79. The van der Waals surface area contributed by atoms with Gasteiger partial charge in [0.05, 0.1) is 14.2 Å². The Morgan fingerprint density at radius 2 is 1.90 bits per heavy atom. The molecule has 1 unspecified atom stereocenters. The Balaban J connectivity index is 2.40. The van der Waals surface area contributed by atoms with Crippen molar-refractivity contribution >= 4 is 11.9 Å². The van der Waals surface area contributed by atoms with Crippen LogP contribution in [-0.2, 0) is 14.3 Å². The number of carbonyl (C=O) groups excluding carboxylic acids is 2. The topological polar surface area (TPSA) is 64.6 Å². The van der Waals surface area contributed by atoms with E-state index >= 15 is 0 Å². The van der Waals surface area contributed by atoms with Gasteiger partial charge in [0.15, 0.2) is 17.4 Å². The van der Waals surface area contributed by atoms with Crippen LogP contribution in [0, 0.1) is 17.6 Å². The van der Waals surface area contributed by atoms with Crippen molar-refractivity contribution in [1.29, 1.82) is 0 Å². The summed E-state index contributed by atoms with van der Waals surface area (Å²) in [5.41, 5.74) is 0.203. The molecule has 1 fully saturated rings. The third kappa shape index (κ3) is 2.31. The molecule has 5 nitrogen and oxygen atoms in total. The van der Waals surface area contributed by atoms with E-state index in [0.29, 0.717) is 0 Å². The van der Waals surface area contributed by atoms with E-state index in [-0.39, 0.29) is 12.1 Å². The number of hydrogen-bond donors (Lipinski definition) is 1. The third-order valence-electron chi connectivity index (χ3n) is 3.29. The first-order chi connectivity index (χ1) is 9.49. The molecule has 20 heavy (non-hydrogen) atoms. The second-order valence-electron chi connectivity index (χ2n) is 4.37. The number of amides is 1. The van der Waals surface area contributed by atoms with E-state index < -0.39 is 41.1 Å². The van der Waals surface area contributed by atoms with Crippen LogP contribution in [0.2, 0.25) is 0 Å². The molecule has 0 aliphatic carbocycles. The molecule has 1 aliphatic heterocycles. The lowest BCUT2D eigenvalue weighted by atomic mass is 9.88. The first-order valence-corrected chi connectivity index (χ1v) is 5.88. The largest absolute Gasteiger partial charge is 0.491 e. The summed E-state index contributed by atoms with van der Waals surface area (Å²) in [7, 11) is 2.30. The van der Waals surface area contributed by atoms with E-state index in [1.54, 1.807) is 0 Å². The van der Waals surface area contributed by atoms with E-state index in [1.807, 2.05) is 0 Å². The lowest BCUT2D eigenvalue weighted by Crippen LogP contribution is -2.28. The van der Waals surface area contributed by atoms with Crippen molar-refractivity contribution in [2.75, 3.05) is 20.8 Å². The lowest BCUT2D eigenvalue weighted by Gasteiger charge is -2.16. The van der Waals surface area contributed by atoms with E-state index in [4.69, 9.17) is 0 Å². The van der Waals surface area contributed by atoms with Crippen molar-refractivity contribution in [3.63, 3.8) is 0 Å². The molecule has 0 spiro atoms. The number of benzene rings is 1. The van der Waals surface area contributed by atoms with Gasteiger partial charge in [-0.1, -0.05) is 0 Å². The van der Waals surface area contributed by atoms with E-state index in [0.717, 1.165) is 26.4 Å². The highest BCUT2D eigenvalue weighted by molar-refractivity contribution is 6.00. The molecule has 1 amide bonds. The minimum Gasteiger partial charge on any atom is -0.491 e. The number of rotatable bonds is 3. The fourth-order valence-corrected chi connectivity index (χ4v) is 2.32. The summed E-state index contributed by atoms with van der Waals surface area (Å²) in [6, 6.07) is 2.12. The molecule has 1 N–H and O–H groups in total. The maximum Gasteiger partial charge on any atom is 0.318 e. The van der Waals surface area contributed by atoms with Gasteiger partial charge >= 0.3 is 5.97 Å². The highest BCUT2D eigenvalue weighted by Crippen LogP contribution is 2.33. The zero-order valence-corrected chi connectivity index (χ0v) is 10.9. The fourth-order valence-electron chi connectivity index (χ4n) is 2.32. The van der Waals surface area contributed by atoms with Crippen LogP contribution in [0.5, 0.6) is 5.75 Å². The van der Waals surface area contributed by atoms with Gasteiger partial charge < -0.3 is 14.8 Å². The Bertz CT molecular complexity index is 538. The SMILES string of the molecule is COC(=O)C1C(=O)NC[C@H]1c1cc(F)c(OC)c(F)c1. The molecular formula is C13H13F2NO4. The molecule has 1 saturated heterocycles. The smallest absolute Gasteiger partial charge is 0.318 e. The Morgan fingerprint density at radius 1 is 1.30 bits per heavy atom. The summed E-state index contributed by atoms with van der Waals surface area (Å²) < 4.78 is 36.5. The fraction of sp³-hybridized carbons (Fsp3) is 0.385.